The van der Waals surface area contributed by atoms with E-state index in [9.17, 15) is 13.2 Å². The number of para-hydroxylation sites is 2. The van der Waals surface area contributed by atoms with E-state index < -0.39 is 11.7 Å². The highest BCUT2D eigenvalue weighted by molar-refractivity contribution is 5.47. The molecule has 0 aliphatic carbocycles. The van der Waals surface area contributed by atoms with Crippen molar-refractivity contribution in [2.75, 3.05) is 31.1 Å². The Hall–Kier alpha value is -2.73. The van der Waals surface area contributed by atoms with E-state index in [4.69, 9.17) is 0 Å². The van der Waals surface area contributed by atoms with Crippen LogP contribution in [0.5, 0.6) is 0 Å². The average Bonchev–Trinajstić information content (AvgIpc) is 3.16. The molecule has 1 fully saturated rings. The third kappa shape index (κ3) is 3.92. The molecular formula is C22H22F3N3. The van der Waals surface area contributed by atoms with Crippen molar-refractivity contribution in [1.82, 2.24) is 9.47 Å². The van der Waals surface area contributed by atoms with Crippen molar-refractivity contribution < 1.29 is 13.2 Å². The molecule has 6 heteroatoms. The van der Waals surface area contributed by atoms with Crippen molar-refractivity contribution in [2.45, 2.75) is 12.7 Å². The van der Waals surface area contributed by atoms with Gasteiger partial charge in [0.05, 0.1) is 11.3 Å². The zero-order valence-corrected chi connectivity index (χ0v) is 15.4. The summed E-state index contributed by atoms with van der Waals surface area (Å²) in [6.07, 6.45) is -2.67. The van der Waals surface area contributed by atoms with Crippen LogP contribution in [0.25, 0.3) is 5.69 Å². The summed E-state index contributed by atoms with van der Waals surface area (Å²) < 4.78 is 41.9. The van der Waals surface area contributed by atoms with E-state index in [1.54, 1.807) is 16.8 Å². The Balaban J connectivity index is 1.48. The van der Waals surface area contributed by atoms with Gasteiger partial charge in [-0.05, 0) is 36.4 Å². The Bertz CT molecular complexity index is 910. The molecule has 3 aromatic rings. The lowest BCUT2D eigenvalue weighted by Gasteiger charge is -2.36. The highest BCUT2D eigenvalue weighted by atomic mass is 19.4. The molecule has 1 aromatic heterocycles. The lowest BCUT2D eigenvalue weighted by atomic mass is 10.1. The van der Waals surface area contributed by atoms with E-state index in [1.807, 2.05) is 30.3 Å². The predicted molar refractivity (Wildman–Crippen MR) is 105 cm³/mol. The maximum Gasteiger partial charge on any atom is 0.418 e. The molecule has 0 N–H and O–H groups in total. The summed E-state index contributed by atoms with van der Waals surface area (Å²) >= 11 is 0. The maximum absolute atomic E-state index is 13.4. The van der Waals surface area contributed by atoms with Crippen LogP contribution >= 0.6 is 0 Å². The molecule has 0 unspecified atom stereocenters. The Morgan fingerprint density at radius 1 is 0.750 bits per heavy atom. The van der Waals surface area contributed by atoms with Crippen LogP contribution in [0.15, 0.2) is 72.9 Å². The minimum Gasteiger partial charge on any atom is -0.369 e. The fourth-order valence-corrected chi connectivity index (χ4v) is 3.74. The first-order valence-electron chi connectivity index (χ1n) is 9.37. The number of hydrogen-bond acceptors (Lipinski definition) is 2. The summed E-state index contributed by atoms with van der Waals surface area (Å²) in [6.45, 7) is 4.19. The number of aromatic nitrogens is 1. The number of hydrogen-bond donors (Lipinski definition) is 0. The third-order valence-corrected chi connectivity index (χ3v) is 5.18. The van der Waals surface area contributed by atoms with Crippen molar-refractivity contribution in [3.05, 3.63) is 84.2 Å². The number of halogens is 3. The summed E-state index contributed by atoms with van der Waals surface area (Å²) in [5.74, 6) is 0. The molecule has 0 amide bonds. The number of alkyl halides is 3. The number of nitrogens with zero attached hydrogens (tertiary/aromatic N) is 3. The summed E-state index contributed by atoms with van der Waals surface area (Å²) in [4.78, 5) is 4.63. The fourth-order valence-electron chi connectivity index (χ4n) is 3.74. The van der Waals surface area contributed by atoms with Crippen LogP contribution in [0, 0.1) is 0 Å². The van der Waals surface area contributed by atoms with Crippen LogP contribution in [0.4, 0.5) is 18.9 Å². The van der Waals surface area contributed by atoms with E-state index >= 15 is 0 Å². The minimum atomic E-state index is -4.38. The fraction of sp³-hybridized carbons (Fsp3) is 0.273. The second-order valence-electron chi connectivity index (χ2n) is 6.98. The van der Waals surface area contributed by atoms with Crippen LogP contribution < -0.4 is 4.90 Å². The van der Waals surface area contributed by atoms with Crippen molar-refractivity contribution in [3.63, 3.8) is 0 Å². The molecule has 0 atom stereocenters. The number of piperazine rings is 1. The van der Waals surface area contributed by atoms with Crippen LogP contribution in [-0.4, -0.2) is 35.6 Å². The summed E-state index contributed by atoms with van der Waals surface area (Å²) in [5.41, 5.74) is 1.65. The molecule has 2 heterocycles. The van der Waals surface area contributed by atoms with Crippen LogP contribution in [0.1, 0.15) is 11.3 Å². The van der Waals surface area contributed by atoms with Gasteiger partial charge >= 0.3 is 6.18 Å². The maximum atomic E-state index is 13.4. The lowest BCUT2D eigenvalue weighted by molar-refractivity contribution is -0.137. The van der Waals surface area contributed by atoms with E-state index in [0.29, 0.717) is 6.54 Å². The molecule has 146 valence electrons. The van der Waals surface area contributed by atoms with Crippen molar-refractivity contribution in [1.29, 1.82) is 0 Å². The normalized spacial score (nSPS) is 15.8. The van der Waals surface area contributed by atoms with Crippen LogP contribution in [-0.2, 0) is 12.7 Å². The quantitative estimate of drug-likeness (QED) is 0.638. The van der Waals surface area contributed by atoms with Gasteiger partial charge in [0.2, 0.25) is 0 Å². The molecule has 3 nitrogen and oxygen atoms in total. The summed E-state index contributed by atoms with van der Waals surface area (Å²) in [6, 6.07) is 19.7. The Labute approximate surface area is 162 Å². The van der Waals surface area contributed by atoms with Gasteiger partial charge in [0.15, 0.2) is 0 Å². The van der Waals surface area contributed by atoms with Gasteiger partial charge in [-0.25, -0.2) is 0 Å². The first kappa shape index (κ1) is 18.6. The molecule has 4 rings (SSSR count). The van der Waals surface area contributed by atoms with E-state index in [2.05, 4.69) is 21.9 Å². The van der Waals surface area contributed by atoms with Gasteiger partial charge in [-0.15, -0.1) is 0 Å². The first-order valence-corrected chi connectivity index (χ1v) is 9.37. The second-order valence-corrected chi connectivity index (χ2v) is 6.98. The first-order chi connectivity index (χ1) is 13.5. The van der Waals surface area contributed by atoms with E-state index in [0.717, 1.165) is 37.9 Å². The Kier molecular flexibility index (Phi) is 5.13. The van der Waals surface area contributed by atoms with Gasteiger partial charge < -0.3 is 9.47 Å². The molecule has 0 saturated carbocycles. The molecule has 0 bridgehead atoms. The molecular weight excluding hydrogens is 363 g/mol. The van der Waals surface area contributed by atoms with Crippen molar-refractivity contribution >= 4 is 5.69 Å². The van der Waals surface area contributed by atoms with Gasteiger partial charge in [-0.1, -0.05) is 30.3 Å². The molecule has 1 aliphatic rings. The Morgan fingerprint density at radius 3 is 2.14 bits per heavy atom. The third-order valence-electron chi connectivity index (χ3n) is 5.18. The molecule has 0 spiro atoms. The van der Waals surface area contributed by atoms with Crippen LogP contribution in [0.2, 0.25) is 0 Å². The van der Waals surface area contributed by atoms with Crippen molar-refractivity contribution in [2.24, 2.45) is 0 Å². The van der Waals surface area contributed by atoms with Crippen molar-refractivity contribution in [3.8, 4) is 5.69 Å². The van der Waals surface area contributed by atoms with E-state index in [-0.39, 0.29) is 5.69 Å². The minimum absolute atomic E-state index is 0.179. The predicted octanol–water partition coefficient (Wildman–Crippen LogP) is 4.82. The van der Waals surface area contributed by atoms with Gasteiger partial charge in [0.25, 0.3) is 0 Å². The molecule has 1 aliphatic heterocycles. The SMILES string of the molecule is FC(F)(F)c1ccccc1-n1cccc1CN1CCN(c2ccccc2)CC1. The Morgan fingerprint density at radius 2 is 1.43 bits per heavy atom. The lowest BCUT2D eigenvalue weighted by Crippen LogP contribution is -2.46. The van der Waals surface area contributed by atoms with Gasteiger partial charge in [-0.3, -0.25) is 4.90 Å². The summed E-state index contributed by atoms with van der Waals surface area (Å²) in [7, 11) is 0. The smallest absolute Gasteiger partial charge is 0.369 e. The van der Waals surface area contributed by atoms with Gasteiger partial charge in [0.1, 0.15) is 0 Å². The van der Waals surface area contributed by atoms with Gasteiger partial charge in [0, 0.05) is 50.3 Å². The topological polar surface area (TPSA) is 11.4 Å². The zero-order chi connectivity index (χ0) is 19.6. The summed E-state index contributed by atoms with van der Waals surface area (Å²) in [5, 5.41) is 0. The standard InChI is InChI=1S/C22H22F3N3/c23-22(24,25)20-10-4-5-11-21(20)28-12-6-9-19(28)17-26-13-15-27(16-14-26)18-7-2-1-3-8-18/h1-12H,13-17H2. The van der Waals surface area contributed by atoms with E-state index in [1.165, 1.54) is 17.8 Å². The van der Waals surface area contributed by atoms with Gasteiger partial charge in [-0.2, -0.15) is 13.2 Å². The molecule has 1 saturated heterocycles. The highest BCUT2D eigenvalue weighted by Gasteiger charge is 2.34. The molecule has 0 radical (unpaired) electrons. The molecule has 2 aromatic carbocycles. The van der Waals surface area contributed by atoms with Crippen LogP contribution in [0.3, 0.4) is 0 Å². The highest BCUT2D eigenvalue weighted by Crippen LogP contribution is 2.34. The molecule has 28 heavy (non-hydrogen) atoms. The number of benzene rings is 2. The second kappa shape index (κ2) is 7.72. The average molecular weight is 385 g/mol. The number of rotatable bonds is 4. The largest absolute Gasteiger partial charge is 0.418 e. The number of anilines is 1. The zero-order valence-electron chi connectivity index (χ0n) is 15.4. The monoisotopic (exact) mass is 385 g/mol.